The lowest BCUT2D eigenvalue weighted by Gasteiger charge is -2.11. The van der Waals surface area contributed by atoms with E-state index in [1.807, 2.05) is 0 Å². The van der Waals surface area contributed by atoms with Gasteiger partial charge in [-0.15, -0.1) is 0 Å². The second kappa shape index (κ2) is 5.71. The Labute approximate surface area is 110 Å². The third kappa shape index (κ3) is 3.45. The van der Waals surface area contributed by atoms with Crippen LogP contribution < -0.4 is 5.32 Å². The number of anilines is 1. The van der Waals surface area contributed by atoms with Crippen LogP contribution in [0.25, 0.3) is 0 Å². The number of carboxylic acid groups (broad SMARTS) is 1. The number of rotatable bonds is 4. The highest BCUT2D eigenvalue weighted by molar-refractivity contribution is 5.95. The number of amides is 1. The first-order valence-corrected chi connectivity index (χ1v) is 6.04. The van der Waals surface area contributed by atoms with E-state index in [2.05, 4.69) is 5.32 Å². The van der Waals surface area contributed by atoms with E-state index in [0.717, 1.165) is 12.8 Å². The van der Waals surface area contributed by atoms with Gasteiger partial charge in [0.2, 0.25) is 5.91 Å². The van der Waals surface area contributed by atoms with Crippen molar-refractivity contribution < 1.29 is 24.5 Å². The molecule has 102 valence electrons. The third-order valence-electron chi connectivity index (χ3n) is 2.95. The molecule has 1 aliphatic heterocycles. The van der Waals surface area contributed by atoms with Gasteiger partial charge in [0.1, 0.15) is 5.75 Å². The van der Waals surface area contributed by atoms with E-state index < -0.39 is 5.97 Å². The van der Waals surface area contributed by atoms with Crippen molar-refractivity contribution in [1.82, 2.24) is 0 Å². The molecule has 1 saturated heterocycles. The highest BCUT2D eigenvalue weighted by Crippen LogP contribution is 2.25. The summed E-state index contributed by atoms with van der Waals surface area (Å²) in [6.07, 6.45) is 1.90. The van der Waals surface area contributed by atoms with Crippen molar-refractivity contribution in [3.63, 3.8) is 0 Å². The number of hydrogen-bond donors (Lipinski definition) is 3. The minimum Gasteiger partial charge on any atom is -0.506 e. The van der Waals surface area contributed by atoms with Gasteiger partial charge in [-0.3, -0.25) is 4.79 Å². The molecule has 0 bridgehead atoms. The molecule has 6 heteroatoms. The molecule has 1 fully saturated rings. The largest absolute Gasteiger partial charge is 0.506 e. The number of carbonyl (C=O) groups is 2. The van der Waals surface area contributed by atoms with Gasteiger partial charge in [-0.05, 0) is 31.0 Å². The Bertz CT molecular complexity index is 494. The number of ether oxygens (including phenoxy) is 1. The predicted molar refractivity (Wildman–Crippen MR) is 67.3 cm³/mol. The topological polar surface area (TPSA) is 95.9 Å². The molecule has 2 rings (SSSR count). The Hall–Kier alpha value is -2.08. The summed E-state index contributed by atoms with van der Waals surface area (Å²) in [5, 5.41) is 20.9. The van der Waals surface area contributed by atoms with Gasteiger partial charge in [-0.25, -0.2) is 4.79 Å². The summed E-state index contributed by atoms with van der Waals surface area (Å²) in [6.45, 7) is 0.664. The number of aromatic hydroxyl groups is 1. The first kappa shape index (κ1) is 13.4. The van der Waals surface area contributed by atoms with Gasteiger partial charge in [0.05, 0.1) is 23.8 Å². The fourth-order valence-corrected chi connectivity index (χ4v) is 1.98. The molecule has 1 aromatic rings. The Balaban J connectivity index is 2.02. The van der Waals surface area contributed by atoms with Crippen LogP contribution in [0.2, 0.25) is 0 Å². The summed E-state index contributed by atoms with van der Waals surface area (Å²) in [7, 11) is 0. The Morgan fingerprint density at radius 3 is 2.84 bits per heavy atom. The third-order valence-corrected chi connectivity index (χ3v) is 2.95. The van der Waals surface area contributed by atoms with Crippen LogP contribution in [0.15, 0.2) is 18.2 Å². The summed E-state index contributed by atoms with van der Waals surface area (Å²) in [5.41, 5.74) is 0.105. The number of nitrogens with one attached hydrogen (secondary N) is 1. The molecule has 1 unspecified atom stereocenters. The van der Waals surface area contributed by atoms with Crippen molar-refractivity contribution in [1.29, 1.82) is 0 Å². The fraction of sp³-hybridized carbons (Fsp3) is 0.385. The van der Waals surface area contributed by atoms with E-state index in [-0.39, 0.29) is 35.4 Å². The average Bonchev–Trinajstić information content (AvgIpc) is 2.84. The zero-order valence-electron chi connectivity index (χ0n) is 10.3. The van der Waals surface area contributed by atoms with Gasteiger partial charge in [0.25, 0.3) is 0 Å². The van der Waals surface area contributed by atoms with Crippen LogP contribution >= 0.6 is 0 Å². The van der Waals surface area contributed by atoms with E-state index in [0.29, 0.717) is 6.61 Å². The van der Waals surface area contributed by atoms with Crippen LogP contribution in [0, 0.1) is 0 Å². The van der Waals surface area contributed by atoms with Crippen molar-refractivity contribution in [3.05, 3.63) is 23.8 Å². The standard InChI is InChI=1S/C13H15NO5/c15-11-4-3-8(13(17)18)6-10(11)14-12(16)7-9-2-1-5-19-9/h3-4,6,9,15H,1-2,5,7H2,(H,14,16)(H,17,18). The molecule has 1 amide bonds. The lowest BCUT2D eigenvalue weighted by atomic mass is 10.1. The van der Waals surface area contributed by atoms with Gasteiger partial charge < -0.3 is 20.3 Å². The SMILES string of the molecule is O=C(CC1CCCO1)Nc1cc(C(=O)O)ccc1O. The summed E-state index contributed by atoms with van der Waals surface area (Å²) >= 11 is 0. The van der Waals surface area contributed by atoms with Crippen molar-refractivity contribution in [3.8, 4) is 5.75 Å². The number of phenolic OH excluding ortho intramolecular Hbond substituents is 1. The maximum absolute atomic E-state index is 11.8. The van der Waals surface area contributed by atoms with Gasteiger partial charge >= 0.3 is 5.97 Å². The first-order valence-electron chi connectivity index (χ1n) is 6.04. The molecule has 1 atom stereocenters. The van der Waals surface area contributed by atoms with E-state index in [4.69, 9.17) is 9.84 Å². The van der Waals surface area contributed by atoms with Crippen molar-refractivity contribution in [2.45, 2.75) is 25.4 Å². The monoisotopic (exact) mass is 265 g/mol. The molecule has 0 aromatic heterocycles. The van der Waals surface area contributed by atoms with E-state index in [1.54, 1.807) is 0 Å². The molecule has 0 aliphatic carbocycles. The van der Waals surface area contributed by atoms with Crippen LogP contribution in [-0.4, -0.2) is 34.8 Å². The lowest BCUT2D eigenvalue weighted by molar-refractivity contribution is -0.118. The number of carbonyl (C=O) groups excluding carboxylic acids is 1. The predicted octanol–water partition coefficient (Wildman–Crippen LogP) is 1.60. The molecule has 1 aromatic carbocycles. The maximum atomic E-state index is 11.8. The minimum atomic E-state index is -1.12. The number of carboxylic acids is 1. The Kier molecular flexibility index (Phi) is 4.01. The van der Waals surface area contributed by atoms with Crippen LogP contribution in [0.3, 0.4) is 0 Å². The van der Waals surface area contributed by atoms with Crippen LogP contribution in [0.1, 0.15) is 29.6 Å². The molecule has 3 N–H and O–H groups in total. The second-order valence-corrected chi connectivity index (χ2v) is 4.42. The van der Waals surface area contributed by atoms with Crippen molar-refractivity contribution >= 4 is 17.6 Å². The summed E-state index contributed by atoms with van der Waals surface area (Å²) in [6, 6.07) is 3.74. The molecule has 19 heavy (non-hydrogen) atoms. The Morgan fingerprint density at radius 2 is 2.21 bits per heavy atom. The summed E-state index contributed by atoms with van der Waals surface area (Å²) < 4.78 is 5.34. The number of hydrogen-bond acceptors (Lipinski definition) is 4. The van der Waals surface area contributed by atoms with Crippen LogP contribution in [0.4, 0.5) is 5.69 Å². The normalized spacial score (nSPS) is 18.2. The average molecular weight is 265 g/mol. The van der Waals surface area contributed by atoms with Crippen LogP contribution in [-0.2, 0) is 9.53 Å². The fourth-order valence-electron chi connectivity index (χ4n) is 1.98. The molecule has 0 saturated carbocycles. The van der Waals surface area contributed by atoms with E-state index in [9.17, 15) is 14.7 Å². The number of benzene rings is 1. The molecule has 1 heterocycles. The maximum Gasteiger partial charge on any atom is 0.335 e. The first-order chi connectivity index (χ1) is 9.06. The number of aromatic carboxylic acids is 1. The minimum absolute atomic E-state index is 0.00483. The highest BCUT2D eigenvalue weighted by Gasteiger charge is 2.20. The molecule has 0 spiro atoms. The Morgan fingerprint density at radius 1 is 1.42 bits per heavy atom. The zero-order chi connectivity index (χ0) is 13.8. The highest BCUT2D eigenvalue weighted by atomic mass is 16.5. The van der Waals surface area contributed by atoms with Gasteiger partial charge in [-0.1, -0.05) is 0 Å². The van der Waals surface area contributed by atoms with Crippen molar-refractivity contribution in [2.24, 2.45) is 0 Å². The van der Waals surface area contributed by atoms with E-state index >= 15 is 0 Å². The summed E-state index contributed by atoms with van der Waals surface area (Å²) in [5.74, 6) is -1.58. The molecule has 1 aliphatic rings. The lowest BCUT2D eigenvalue weighted by Crippen LogP contribution is -2.19. The van der Waals surface area contributed by atoms with Gasteiger partial charge in [0, 0.05) is 6.61 Å². The van der Waals surface area contributed by atoms with Gasteiger partial charge in [-0.2, -0.15) is 0 Å². The van der Waals surface area contributed by atoms with E-state index in [1.165, 1.54) is 18.2 Å². The van der Waals surface area contributed by atoms with Gasteiger partial charge in [0.15, 0.2) is 0 Å². The van der Waals surface area contributed by atoms with Crippen LogP contribution in [0.5, 0.6) is 5.75 Å². The molecular formula is C13H15NO5. The molecule has 0 radical (unpaired) electrons. The second-order valence-electron chi connectivity index (χ2n) is 4.42. The summed E-state index contributed by atoms with van der Waals surface area (Å²) in [4.78, 5) is 22.6. The molecule has 6 nitrogen and oxygen atoms in total. The smallest absolute Gasteiger partial charge is 0.335 e. The molecular weight excluding hydrogens is 250 g/mol. The quantitative estimate of drug-likeness (QED) is 0.718. The zero-order valence-corrected chi connectivity index (χ0v) is 10.3. The van der Waals surface area contributed by atoms with Crippen molar-refractivity contribution in [2.75, 3.05) is 11.9 Å². The number of phenols is 1.